The van der Waals surface area contributed by atoms with Crippen LogP contribution in [0.15, 0.2) is 42.5 Å². The van der Waals surface area contributed by atoms with Crippen LogP contribution in [0.3, 0.4) is 0 Å². The Morgan fingerprint density at radius 1 is 1.24 bits per heavy atom. The number of hydrogen-bond acceptors (Lipinski definition) is 4. The van der Waals surface area contributed by atoms with Gasteiger partial charge in [0.05, 0.1) is 16.9 Å². The molecule has 2 aromatic rings. The molecule has 0 aromatic heterocycles. The number of nitrogens with two attached hydrogens (primary N) is 1. The van der Waals surface area contributed by atoms with Gasteiger partial charge in [0.25, 0.3) is 0 Å². The van der Waals surface area contributed by atoms with Crippen LogP contribution in [0.25, 0.3) is 0 Å². The molecule has 2 N–H and O–H groups in total. The molecule has 0 amide bonds. The average molecular weight is 288 g/mol. The van der Waals surface area contributed by atoms with Crippen molar-refractivity contribution in [1.82, 2.24) is 0 Å². The summed E-state index contributed by atoms with van der Waals surface area (Å²) < 4.78 is 18.5. The van der Waals surface area contributed by atoms with Gasteiger partial charge in [-0.1, -0.05) is 18.2 Å². The first-order valence-electron chi connectivity index (χ1n) is 6.46. The van der Waals surface area contributed by atoms with E-state index < -0.39 is 11.8 Å². The molecule has 0 atom stereocenters. The zero-order valence-corrected chi connectivity index (χ0v) is 12.0. The topological polar surface area (TPSA) is 55.6 Å². The van der Waals surface area contributed by atoms with Crippen molar-refractivity contribution in [3.63, 3.8) is 0 Å². The molecule has 0 fully saturated rings. The monoisotopic (exact) mass is 288 g/mol. The molecule has 4 nitrogen and oxygen atoms in total. The lowest BCUT2D eigenvalue weighted by Crippen LogP contribution is -2.12. The highest BCUT2D eigenvalue weighted by Gasteiger charge is 2.11. The second-order valence-electron chi connectivity index (χ2n) is 4.84. The van der Waals surface area contributed by atoms with Crippen molar-refractivity contribution in [1.29, 1.82) is 0 Å². The van der Waals surface area contributed by atoms with Gasteiger partial charge in [-0.05, 0) is 24.3 Å². The number of esters is 1. The van der Waals surface area contributed by atoms with E-state index in [1.807, 2.05) is 19.0 Å². The molecule has 0 saturated carbocycles. The lowest BCUT2D eigenvalue weighted by atomic mass is 10.1. The number of nitrogen functional groups attached to an aromatic ring is 1. The molecule has 110 valence electrons. The summed E-state index contributed by atoms with van der Waals surface area (Å²) in [6, 6.07) is 11.1. The summed E-state index contributed by atoms with van der Waals surface area (Å²) in [7, 11) is 3.73. The van der Waals surface area contributed by atoms with Crippen molar-refractivity contribution in [3.05, 3.63) is 59.4 Å². The minimum Gasteiger partial charge on any atom is -0.457 e. The highest BCUT2D eigenvalue weighted by atomic mass is 19.1. The molecule has 0 aliphatic heterocycles. The van der Waals surface area contributed by atoms with Crippen molar-refractivity contribution in [2.75, 3.05) is 24.7 Å². The summed E-state index contributed by atoms with van der Waals surface area (Å²) in [5.41, 5.74) is 7.87. The van der Waals surface area contributed by atoms with Gasteiger partial charge >= 0.3 is 5.97 Å². The third-order valence-electron chi connectivity index (χ3n) is 3.06. The van der Waals surface area contributed by atoms with Crippen LogP contribution in [0.2, 0.25) is 0 Å². The van der Waals surface area contributed by atoms with Crippen LogP contribution in [-0.2, 0) is 11.3 Å². The number of rotatable bonds is 4. The smallest absolute Gasteiger partial charge is 0.338 e. The molecule has 2 aromatic carbocycles. The fourth-order valence-electron chi connectivity index (χ4n) is 1.93. The minimum absolute atomic E-state index is 0.110. The van der Waals surface area contributed by atoms with Gasteiger partial charge in [-0.25, -0.2) is 9.18 Å². The number of hydrogen-bond donors (Lipinski definition) is 1. The van der Waals surface area contributed by atoms with Gasteiger partial charge in [0.15, 0.2) is 0 Å². The van der Waals surface area contributed by atoms with Crippen molar-refractivity contribution in [2.24, 2.45) is 0 Å². The number of anilines is 2. The first kappa shape index (κ1) is 14.8. The Balaban J connectivity index is 2.07. The van der Waals surface area contributed by atoms with Crippen LogP contribution in [0, 0.1) is 5.82 Å². The molecule has 0 radical (unpaired) electrons. The summed E-state index contributed by atoms with van der Waals surface area (Å²) in [6.45, 7) is -0.110. The fourth-order valence-corrected chi connectivity index (χ4v) is 1.93. The highest BCUT2D eigenvalue weighted by Crippen LogP contribution is 2.23. The van der Waals surface area contributed by atoms with E-state index in [-0.39, 0.29) is 6.61 Å². The maximum atomic E-state index is 13.4. The van der Waals surface area contributed by atoms with Gasteiger partial charge in [-0.15, -0.1) is 0 Å². The second-order valence-corrected chi connectivity index (χ2v) is 4.84. The summed E-state index contributed by atoms with van der Waals surface area (Å²) in [6.07, 6.45) is 0. The van der Waals surface area contributed by atoms with Gasteiger partial charge in [0, 0.05) is 19.7 Å². The van der Waals surface area contributed by atoms with E-state index in [0.29, 0.717) is 16.8 Å². The van der Waals surface area contributed by atoms with Gasteiger partial charge in [-0.2, -0.15) is 0 Å². The first-order valence-corrected chi connectivity index (χ1v) is 6.46. The first-order chi connectivity index (χ1) is 9.99. The Bertz CT molecular complexity index is 656. The van der Waals surface area contributed by atoms with Crippen LogP contribution >= 0.6 is 0 Å². The zero-order valence-electron chi connectivity index (χ0n) is 12.0. The number of carbonyl (C=O) groups excluding carboxylic acids is 1. The predicted octanol–water partition coefficient (Wildman–Crippen LogP) is 2.83. The molecule has 0 spiro atoms. The minimum atomic E-state index is -0.532. The zero-order chi connectivity index (χ0) is 15.4. The number of benzene rings is 2. The van der Waals surface area contributed by atoms with Crippen LogP contribution in [0.4, 0.5) is 15.8 Å². The van der Waals surface area contributed by atoms with E-state index in [1.165, 1.54) is 6.07 Å². The lowest BCUT2D eigenvalue weighted by Gasteiger charge is -2.15. The van der Waals surface area contributed by atoms with Gasteiger partial charge in [0.1, 0.15) is 12.4 Å². The lowest BCUT2D eigenvalue weighted by molar-refractivity contribution is 0.0469. The molecule has 5 heteroatoms. The van der Waals surface area contributed by atoms with Gasteiger partial charge in [-0.3, -0.25) is 0 Å². The van der Waals surface area contributed by atoms with E-state index in [9.17, 15) is 9.18 Å². The number of nitrogens with zero attached hydrogens (tertiary/aromatic N) is 1. The van der Waals surface area contributed by atoms with Crippen molar-refractivity contribution in [3.8, 4) is 0 Å². The van der Waals surface area contributed by atoms with E-state index >= 15 is 0 Å². The van der Waals surface area contributed by atoms with Gasteiger partial charge in [0.2, 0.25) is 0 Å². The molecule has 0 bridgehead atoms. The predicted molar refractivity (Wildman–Crippen MR) is 80.7 cm³/mol. The molecule has 0 aliphatic carbocycles. The average Bonchev–Trinajstić information content (AvgIpc) is 2.45. The SMILES string of the molecule is CN(C)c1ccc(C(=O)OCc2ccccc2F)cc1N. The van der Waals surface area contributed by atoms with E-state index in [1.54, 1.807) is 36.4 Å². The van der Waals surface area contributed by atoms with E-state index in [4.69, 9.17) is 10.5 Å². The second kappa shape index (κ2) is 6.26. The van der Waals surface area contributed by atoms with Gasteiger partial charge < -0.3 is 15.4 Å². The molecule has 0 saturated heterocycles. The van der Waals surface area contributed by atoms with Crippen LogP contribution < -0.4 is 10.6 Å². The Kier molecular flexibility index (Phi) is 4.42. The van der Waals surface area contributed by atoms with Crippen molar-refractivity contribution < 1.29 is 13.9 Å². The molecular weight excluding hydrogens is 271 g/mol. The Morgan fingerprint density at radius 3 is 2.57 bits per heavy atom. The summed E-state index contributed by atoms with van der Waals surface area (Å²) in [4.78, 5) is 13.8. The number of halogens is 1. The Morgan fingerprint density at radius 2 is 1.95 bits per heavy atom. The molecule has 2 rings (SSSR count). The van der Waals surface area contributed by atoms with Crippen molar-refractivity contribution in [2.45, 2.75) is 6.61 Å². The summed E-state index contributed by atoms with van der Waals surface area (Å²) in [5, 5.41) is 0. The van der Waals surface area contributed by atoms with E-state index in [2.05, 4.69) is 0 Å². The third-order valence-corrected chi connectivity index (χ3v) is 3.06. The largest absolute Gasteiger partial charge is 0.457 e. The third kappa shape index (κ3) is 3.51. The number of carbonyl (C=O) groups is 1. The maximum Gasteiger partial charge on any atom is 0.338 e. The molecular formula is C16H17FN2O2. The molecule has 0 unspecified atom stereocenters. The Labute approximate surface area is 122 Å². The van der Waals surface area contributed by atoms with E-state index in [0.717, 1.165) is 5.69 Å². The maximum absolute atomic E-state index is 13.4. The standard InChI is InChI=1S/C16H17FN2O2/c1-19(2)15-8-7-11(9-14(15)18)16(20)21-10-12-5-3-4-6-13(12)17/h3-9H,10,18H2,1-2H3. The van der Waals surface area contributed by atoms with Crippen LogP contribution in [0.5, 0.6) is 0 Å². The van der Waals surface area contributed by atoms with Crippen LogP contribution in [0.1, 0.15) is 15.9 Å². The highest BCUT2D eigenvalue weighted by molar-refractivity contribution is 5.92. The quantitative estimate of drug-likeness (QED) is 0.694. The van der Waals surface area contributed by atoms with Crippen LogP contribution in [-0.4, -0.2) is 20.1 Å². The summed E-state index contributed by atoms with van der Waals surface area (Å²) >= 11 is 0. The molecule has 0 heterocycles. The summed E-state index contributed by atoms with van der Waals surface area (Å²) in [5.74, 6) is -0.928. The normalized spacial score (nSPS) is 10.2. The van der Waals surface area contributed by atoms with Crippen molar-refractivity contribution >= 4 is 17.3 Å². The molecule has 21 heavy (non-hydrogen) atoms. The number of ether oxygens (including phenoxy) is 1. The Hall–Kier alpha value is -2.56. The fraction of sp³-hybridized carbons (Fsp3) is 0.188. The molecule has 0 aliphatic rings.